The number of piperazine rings is 1. The van der Waals surface area contributed by atoms with Crippen LogP contribution in [0.1, 0.15) is 33.6 Å². The standard InChI is InChI=1S/C15H21ClN4O2/c1-15(2,3)22-14(21)20-10-4-5-11(20)9-19(8-10)13-17-7-6-12(16)18-13/h6-7,10-11H,4-5,8-9H2,1-3H3/t10-,11+. The van der Waals surface area contributed by atoms with Gasteiger partial charge < -0.3 is 9.64 Å². The van der Waals surface area contributed by atoms with Gasteiger partial charge in [0.05, 0.1) is 12.1 Å². The molecule has 2 saturated heterocycles. The summed E-state index contributed by atoms with van der Waals surface area (Å²) < 4.78 is 5.53. The van der Waals surface area contributed by atoms with E-state index in [0.29, 0.717) is 11.1 Å². The van der Waals surface area contributed by atoms with Crippen molar-refractivity contribution in [2.24, 2.45) is 0 Å². The van der Waals surface area contributed by atoms with E-state index in [1.165, 1.54) is 0 Å². The maximum absolute atomic E-state index is 12.4. The lowest BCUT2D eigenvalue weighted by Crippen LogP contribution is -2.57. The van der Waals surface area contributed by atoms with Crippen LogP contribution in [0, 0.1) is 0 Å². The summed E-state index contributed by atoms with van der Waals surface area (Å²) in [5.74, 6) is 0.633. The Bertz CT molecular complexity index is 561. The predicted molar refractivity (Wildman–Crippen MR) is 84.1 cm³/mol. The van der Waals surface area contributed by atoms with Crippen molar-refractivity contribution in [3.63, 3.8) is 0 Å². The van der Waals surface area contributed by atoms with Gasteiger partial charge in [0.1, 0.15) is 10.8 Å². The third-order valence-corrected chi connectivity index (χ3v) is 4.19. The Hall–Kier alpha value is -1.56. The van der Waals surface area contributed by atoms with Gasteiger partial charge in [0.25, 0.3) is 0 Å². The number of fused-ring (bicyclic) bond motifs is 2. The number of rotatable bonds is 1. The van der Waals surface area contributed by atoms with E-state index in [9.17, 15) is 4.79 Å². The highest BCUT2D eigenvalue weighted by atomic mass is 35.5. The number of carbonyl (C=O) groups is 1. The molecule has 1 aromatic rings. The number of anilines is 1. The molecule has 0 N–H and O–H groups in total. The van der Waals surface area contributed by atoms with Gasteiger partial charge in [0.15, 0.2) is 0 Å². The van der Waals surface area contributed by atoms with Gasteiger partial charge in [-0.15, -0.1) is 0 Å². The lowest BCUT2D eigenvalue weighted by molar-refractivity contribution is 0.0122. The summed E-state index contributed by atoms with van der Waals surface area (Å²) in [6.45, 7) is 7.11. The van der Waals surface area contributed by atoms with E-state index in [4.69, 9.17) is 16.3 Å². The van der Waals surface area contributed by atoms with Crippen LogP contribution in [0.15, 0.2) is 12.3 Å². The number of nitrogens with zero attached hydrogens (tertiary/aromatic N) is 4. The number of amides is 1. The molecule has 2 aliphatic rings. The van der Waals surface area contributed by atoms with Crippen LogP contribution in [-0.2, 0) is 4.74 Å². The average Bonchev–Trinajstić information content (AvgIpc) is 2.68. The van der Waals surface area contributed by atoms with Gasteiger partial charge in [-0.3, -0.25) is 4.90 Å². The SMILES string of the molecule is CC(C)(C)OC(=O)N1[C@@H]2CC[C@H]1CN(c1nccc(Cl)n1)C2. The van der Waals surface area contributed by atoms with Crippen LogP contribution in [0.4, 0.5) is 10.7 Å². The molecule has 0 saturated carbocycles. The first-order chi connectivity index (χ1) is 10.3. The van der Waals surface area contributed by atoms with Gasteiger partial charge in [-0.2, -0.15) is 0 Å². The van der Waals surface area contributed by atoms with E-state index in [0.717, 1.165) is 25.9 Å². The van der Waals surface area contributed by atoms with Crippen molar-refractivity contribution in [3.05, 3.63) is 17.4 Å². The molecule has 7 heteroatoms. The Kier molecular flexibility index (Phi) is 3.89. The van der Waals surface area contributed by atoms with Crippen LogP contribution in [0.25, 0.3) is 0 Å². The van der Waals surface area contributed by atoms with E-state index >= 15 is 0 Å². The number of carbonyl (C=O) groups excluding carboxylic acids is 1. The number of hydrogen-bond acceptors (Lipinski definition) is 5. The smallest absolute Gasteiger partial charge is 0.410 e. The molecule has 120 valence electrons. The minimum Gasteiger partial charge on any atom is -0.444 e. The third-order valence-electron chi connectivity index (χ3n) is 3.98. The van der Waals surface area contributed by atoms with E-state index in [1.54, 1.807) is 12.3 Å². The maximum Gasteiger partial charge on any atom is 0.410 e. The first-order valence-electron chi connectivity index (χ1n) is 7.58. The number of aromatic nitrogens is 2. The topological polar surface area (TPSA) is 58.6 Å². The Morgan fingerprint density at radius 3 is 2.50 bits per heavy atom. The highest BCUT2D eigenvalue weighted by molar-refractivity contribution is 6.29. The molecule has 1 aromatic heterocycles. The molecule has 3 rings (SSSR count). The molecule has 2 atom stereocenters. The summed E-state index contributed by atoms with van der Waals surface area (Å²) in [6, 6.07) is 1.96. The van der Waals surface area contributed by atoms with Gasteiger partial charge in [-0.1, -0.05) is 11.6 Å². The molecule has 0 aliphatic carbocycles. The molecule has 2 bridgehead atoms. The first kappa shape index (κ1) is 15.3. The van der Waals surface area contributed by atoms with Crippen LogP contribution < -0.4 is 4.90 Å². The summed E-state index contributed by atoms with van der Waals surface area (Å²) in [4.78, 5) is 25.0. The van der Waals surface area contributed by atoms with Crippen LogP contribution in [0.3, 0.4) is 0 Å². The molecule has 22 heavy (non-hydrogen) atoms. The molecule has 2 aliphatic heterocycles. The second-order valence-corrected chi connectivity index (χ2v) is 7.24. The second-order valence-electron chi connectivity index (χ2n) is 6.86. The monoisotopic (exact) mass is 324 g/mol. The molecule has 0 radical (unpaired) electrons. The Balaban J connectivity index is 1.73. The molecule has 6 nitrogen and oxygen atoms in total. The van der Waals surface area contributed by atoms with Crippen molar-refractivity contribution in [2.75, 3.05) is 18.0 Å². The largest absolute Gasteiger partial charge is 0.444 e. The van der Waals surface area contributed by atoms with E-state index in [-0.39, 0.29) is 18.2 Å². The Labute approximate surface area is 135 Å². The quantitative estimate of drug-likeness (QED) is 0.743. The van der Waals surface area contributed by atoms with Crippen molar-refractivity contribution >= 4 is 23.6 Å². The molecular weight excluding hydrogens is 304 g/mol. The number of hydrogen-bond donors (Lipinski definition) is 0. The predicted octanol–water partition coefficient (Wildman–Crippen LogP) is 2.72. The molecule has 1 amide bonds. The van der Waals surface area contributed by atoms with Gasteiger partial charge in [0, 0.05) is 19.3 Å². The van der Waals surface area contributed by atoms with Crippen LogP contribution in [0.2, 0.25) is 5.15 Å². The third kappa shape index (κ3) is 3.11. The fraction of sp³-hybridized carbons (Fsp3) is 0.667. The summed E-state index contributed by atoms with van der Waals surface area (Å²) in [6.07, 6.45) is 3.42. The van der Waals surface area contributed by atoms with Crippen molar-refractivity contribution in [1.82, 2.24) is 14.9 Å². The molecule has 0 spiro atoms. The highest BCUT2D eigenvalue weighted by Gasteiger charge is 2.44. The van der Waals surface area contributed by atoms with Crippen LogP contribution in [0.5, 0.6) is 0 Å². The number of ether oxygens (including phenoxy) is 1. The maximum atomic E-state index is 12.4. The normalized spacial score (nSPS) is 24.5. The summed E-state index contributed by atoms with van der Waals surface area (Å²) in [5, 5.41) is 0.437. The lowest BCUT2D eigenvalue weighted by atomic mass is 10.2. The van der Waals surface area contributed by atoms with Crippen molar-refractivity contribution < 1.29 is 9.53 Å². The van der Waals surface area contributed by atoms with Gasteiger partial charge in [0.2, 0.25) is 5.95 Å². The van der Waals surface area contributed by atoms with Crippen molar-refractivity contribution in [3.8, 4) is 0 Å². The highest BCUT2D eigenvalue weighted by Crippen LogP contribution is 2.33. The lowest BCUT2D eigenvalue weighted by Gasteiger charge is -2.41. The molecular formula is C15H21ClN4O2. The molecule has 2 fully saturated rings. The van der Waals surface area contributed by atoms with Crippen LogP contribution in [-0.4, -0.2) is 51.7 Å². The first-order valence-corrected chi connectivity index (χ1v) is 7.96. The van der Waals surface area contributed by atoms with E-state index in [2.05, 4.69) is 14.9 Å². The number of halogens is 1. The molecule has 0 unspecified atom stereocenters. The van der Waals surface area contributed by atoms with Crippen LogP contribution >= 0.6 is 11.6 Å². The average molecular weight is 325 g/mol. The minimum absolute atomic E-state index is 0.149. The van der Waals surface area contributed by atoms with Gasteiger partial charge in [-0.05, 0) is 39.7 Å². The Morgan fingerprint density at radius 2 is 1.95 bits per heavy atom. The zero-order valence-corrected chi connectivity index (χ0v) is 13.9. The Morgan fingerprint density at radius 1 is 1.32 bits per heavy atom. The van der Waals surface area contributed by atoms with Gasteiger partial charge in [-0.25, -0.2) is 14.8 Å². The van der Waals surface area contributed by atoms with E-state index in [1.807, 2.05) is 25.7 Å². The van der Waals surface area contributed by atoms with Crippen molar-refractivity contribution in [1.29, 1.82) is 0 Å². The fourth-order valence-corrected chi connectivity index (χ4v) is 3.29. The van der Waals surface area contributed by atoms with Crippen molar-refractivity contribution in [2.45, 2.75) is 51.3 Å². The van der Waals surface area contributed by atoms with Gasteiger partial charge >= 0.3 is 6.09 Å². The zero-order chi connectivity index (χ0) is 15.9. The minimum atomic E-state index is -0.469. The zero-order valence-electron chi connectivity index (χ0n) is 13.1. The molecule has 3 heterocycles. The van der Waals surface area contributed by atoms with E-state index < -0.39 is 5.60 Å². The fourth-order valence-electron chi connectivity index (χ4n) is 3.16. The second kappa shape index (κ2) is 5.57. The summed E-state index contributed by atoms with van der Waals surface area (Å²) in [7, 11) is 0. The summed E-state index contributed by atoms with van der Waals surface area (Å²) >= 11 is 5.94. The summed E-state index contributed by atoms with van der Waals surface area (Å²) in [5.41, 5.74) is -0.469. The molecule has 0 aromatic carbocycles.